The zero-order valence-electron chi connectivity index (χ0n) is 13.2. The average Bonchev–Trinajstić information content (AvgIpc) is 3.03. The number of hydrogen-bond acceptors (Lipinski definition) is 6. The molecule has 3 heterocycles. The molecule has 2 aromatic rings. The van der Waals surface area contributed by atoms with Crippen LogP contribution in [0, 0.1) is 5.92 Å². The lowest BCUT2D eigenvalue weighted by molar-refractivity contribution is -0.120. The fraction of sp³-hybridized carbons (Fsp3) is 0.400. The van der Waals surface area contributed by atoms with E-state index in [-0.39, 0.29) is 18.4 Å². The molecular weight excluding hydrogens is 348 g/mol. The highest BCUT2D eigenvalue weighted by Gasteiger charge is 2.30. The first-order valence-corrected chi connectivity index (χ1v) is 10.3. The standard InChI is InChI=1S/C15H18N4O3S2/c1-24(21,22)19-8-2-3-12(9-19)14(20)18-15-17-13(10-23-15)11-4-6-16-7-5-11/h4-7,10,12H,2-3,8-9H2,1H3,(H,17,18,20)/t12-/m1/s1. The Balaban J connectivity index is 1.66. The van der Waals surface area contributed by atoms with Crippen molar-refractivity contribution in [3.8, 4) is 11.3 Å². The predicted molar refractivity (Wildman–Crippen MR) is 93.1 cm³/mol. The first kappa shape index (κ1) is 17.0. The molecule has 0 aliphatic carbocycles. The molecule has 1 saturated heterocycles. The summed E-state index contributed by atoms with van der Waals surface area (Å²) in [6, 6.07) is 3.71. The number of pyridine rings is 1. The van der Waals surface area contributed by atoms with Gasteiger partial charge in [0, 0.05) is 36.4 Å². The Morgan fingerprint density at radius 1 is 1.38 bits per heavy atom. The van der Waals surface area contributed by atoms with E-state index in [1.165, 1.54) is 21.9 Å². The van der Waals surface area contributed by atoms with Crippen molar-refractivity contribution in [2.24, 2.45) is 5.92 Å². The molecule has 0 radical (unpaired) electrons. The largest absolute Gasteiger partial charge is 0.302 e. The minimum absolute atomic E-state index is 0.182. The third-order valence-corrected chi connectivity index (χ3v) is 5.96. The number of sulfonamides is 1. The van der Waals surface area contributed by atoms with E-state index in [1.54, 1.807) is 12.4 Å². The molecule has 0 saturated carbocycles. The van der Waals surface area contributed by atoms with Crippen LogP contribution in [0.15, 0.2) is 29.9 Å². The number of aromatic nitrogens is 2. The molecule has 3 rings (SSSR count). The summed E-state index contributed by atoms with van der Waals surface area (Å²) in [5.41, 5.74) is 1.71. The van der Waals surface area contributed by atoms with Crippen LogP contribution in [0.5, 0.6) is 0 Å². The van der Waals surface area contributed by atoms with E-state index in [9.17, 15) is 13.2 Å². The van der Waals surface area contributed by atoms with Gasteiger partial charge in [0.05, 0.1) is 17.9 Å². The normalized spacial score (nSPS) is 19.1. The number of rotatable bonds is 4. The SMILES string of the molecule is CS(=O)(=O)N1CCC[C@@H](C(=O)Nc2nc(-c3ccncc3)cs2)C1. The smallest absolute Gasteiger partial charge is 0.230 e. The summed E-state index contributed by atoms with van der Waals surface area (Å²) in [5, 5.41) is 5.19. The molecule has 7 nitrogen and oxygen atoms in total. The molecule has 0 unspecified atom stereocenters. The Kier molecular flexibility index (Phi) is 4.93. The third kappa shape index (κ3) is 3.97. The van der Waals surface area contributed by atoms with Crippen LogP contribution in [-0.2, 0) is 14.8 Å². The number of thiazole rings is 1. The van der Waals surface area contributed by atoms with Crippen molar-refractivity contribution in [3.63, 3.8) is 0 Å². The van der Waals surface area contributed by atoms with E-state index >= 15 is 0 Å². The van der Waals surface area contributed by atoms with E-state index in [2.05, 4.69) is 15.3 Å². The van der Waals surface area contributed by atoms with E-state index in [0.29, 0.717) is 24.5 Å². The summed E-state index contributed by atoms with van der Waals surface area (Å²) in [4.78, 5) is 20.8. The molecule has 1 amide bonds. The zero-order valence-corrected chi connectivity index (χ0v) is 14.8. The van der Waals surface area contributed by atoms with Crippen LogP contribution in [0.1, 0.15) is 12.8 Å². The van der Waals surface area contributed by atoms with Crippen molar-refractivity contribution in [1.82, 2.24) is 14.3 Å². The Hall–Kier alpha value is -1.84. The van der Waals surface area contributed by atoms with Gasteiger partial charge in [-0.2, -0.15) is 0 Å². The van der Waals surface area contributed by atoms with Crippen molar-refractivity contribution in [3.05, 3.63) is 29.9 Å². The lowest BCUT2D eigenvalue weighted by Crippen LogP contribution is -2.43. The van der Waals surface area contributed by atoms with Gasteiger partial charge in [0.2, 0.25) is 15.9 Å². The van der Waals surface area contributed by atoms with Crippen LogP contribution in [0.25, 0.3) is 11.3 Å². The van der Waals surface area contributed by atoms with Gasteiger partial charge >= 0.3 is 0 Å². The van der Waals surface area contributed by atoms with E-state index in [1.807, 2.05) is 17.5 Å². The number of nitrogens with one attached hydrogen (secondary N) is 1. The molecule has 2 aromatic heterocycles. The van der Waals surface area contributed by atoms with Crippen molar-refractivity contribution in [1.29, 1.82) is 0 Å². The molecule has 1 aliphatic rings. The second kappa shape index (κ2) is 6.96. The summed E-state index contributed by atoms with van der Waals surface area (Å²) in [6.07, 6.45) is 5.92. The van der Waals surface area contributed by atoms with Gasteiger partial charge in [0.1, 0.15) is 0 Å². The Labute approximate surface area is 144 Å². The minimum atomic E-state index is -3.26. The summed E-state index contributed by atoms with van der Waals surface area (Å²) in [7, 11) is -3.26. The second-order valence-electron chi connectivity index (χ2n) is 5.72. The fourth-order valence-corrected chi connectivity index (χ4v) is 4.29. The van der Waals surface area contributed by atoms with Crippen LogP contribution in [0.3, 0.4) is 0 Å². The summed E-state index contributed by atoms with van der Waals surface area (Å²) < 4.78 is 24.7. The fourth-order valence-electron chi connectivity index (χ4n) is 2.65. The van der Waals surface area contributed by atoms with Crippen LogP contribution in [0.4, 0.5) is 5.13 Å². The summed E-state index contributed by atoms with van der Waals surface area (Å²) >= 11 is 1.35. The third-order valence-electron chi connectivity index (χ3n) is 3.93. The van der Waals surface area contributed by atoms with Gasteiger partial charge in [0.15, 0.2) is 5.13 Å². The van der Waals surface area contributed by atoms with Crippen molar-refractivity contribution >= 4 is 32.4 Å². The molecule has 9 heteroatoms. The Morgan fingerprint density at radius 3 is 2.83 bits per heavy atom. The minimum Gasteiger partial charge on any atom is -0.302 e. The maximum absolute atomic E-state index is 12.4. The average molecular weight is 366 g/mol. The maximum Gasteiger partial charge on any atom is 0.230 e. The lowest BCUT2D eigenvalue weighted by Gasteiger charge is -2.29. The van der Waals surface area contributed by atoms with Gasteiger partial charge in [-0.15, -0.1) is 11.3 Å². The van der Waals surface area contributed by atoms with Gasteiger partial charge in [-0.3, -0.25) is 9.78 Å². The summed E-state index contributed by atoms with van der Waals surface area (Å²) in [6.45, 7) is 0.708. The topological polar surface area (TPSA) is 92.3 Å². The molecule has 1 aliphatic heterocycles. The molecule has 24 heavy (non-hydrogen) atoms. The number of carbonyl (C=O) groups is 1. The zero-order chi connectivity index (χ0) is 17.2. The molecule has 0 bridgehead atoms. The first-order valence-electron chi connectivity index (χ1n) is 7.55. The molecule has 1 N–H and O–H groups in total. The van der Waals surface area contributed by atoms with Gasteiger partial charge in [-0.05, 0) is 25.0 Å². The van der Waals surface area contributed by atoms with Crippen LogP contribution >= 0.6 is 11.3 Å². The number of amides is 1. The van der Waals surface area contributed by atoms with Crippen LogP contribution < -0.4 is 5.32 Å². The molecule has 128 valence electrons. The van der Waals surface area contributed by atoms with E-state index in [0.717, 1.165) is 11.3 Å². The molecule has 1 fully saturated rings. The van der Waals surface area contributed by atoms with Gasteiger partial charge in [-0.1, -0.05) is 0 Å². The molecular formula is C15H18N4O3S2. The first-order chi connectivity index (χ1) is 11.4. The van der Waals surface area contributed by atoms with Crippen molar-refractivity contribution in [2.45, 2.75) is 12.8 Å². The highest BCUT2D eigenvalue weighted by atomic mass is 32.2. The number of nitrogens with zero attached hydrogens (tertiary/aromatic N) is 3. The van der Waals surface area contributed by atoms with Crippen LogP contribution in [-0.4, -0.2) is 47.9 Å². The van der Waals surface area contributed by atoms with Crippen LogP contribution in [0.2, 0.25) is 0 Å². The molecule has 0 spiro atoms. The van der Waals surface area contributed by atoms with Gasteiger partial charge < -0.3 is 5.32 Å². The maximum atomic E-state index is 12.4. The highest BCUT2D eigenvalue weighted by Crippen LogP contribution is 2.26. The number of piperidine rings is 1. The Morgan fingerprint density at radius 2 is 2.12 bits per heavy atom. The van der Waals surface area contributed by atoms with E-state index < -0.39 is 10.0 Å². The highest BCUT2D eigenvalue weighted by molar-refractivity contribution is 7.88. The van der Waals surface area contributed by atoms with E-state index in [4.69, 9.17) is 0 Å². The number of carbonyl (C=O) groups excluding carboxylic acids is 1. The Bertz CT molecular complexity index is 820. The summed E-state index contributed by atoms with van der Waals surface area (Å²) in [5.74, 6) is -0.527. The number of hydrogen-bond donors (Lipinski definition) is 1. The monoisotopic (exact) mass is 366 g/mol. The number of anilines is 1. The van der Waals surface area contributed by atoms with Gasteiger partial charge in [-0.25, -0.2) is 17.7 Å². The predicted octanol–water partition coefficient (Wildman–Crippen LogP) is 1.82. The lowest BCUT2D eigenvalue weighted by atomic mass is 9.99. The quantitative estimate of drug-likeness (QED) is 0.891. The molecule has 0 aromatic carbocycles. The molecule has 1 atom stereocenters. The van der Waals surface area contributed by atoms with Gasteiger partial charge in [0.25, 0.3) is 0 Å². The second-order valence-corrected chi connectivity index (χ2v) is 8.56. The van der Waals surface area contributed by atoms with Crippen molar-refractivity contribution < 1.29 is 13.2 Å². The van der Waals surface area contributed by atoms with Crippen molar-refractivity contribution in [2.75, 3.05) is 24.7 Å².